The number of piperazine rings is 1. The quantitative estimate of drug-likeness (QED) is 0.749. The van der Waals surface area contributed by atoms with Gasteiger partial charge in [0.1, 0.15) is 11.6 Å². The Kier molecular flexibility index (Phi) is 5.57. The highest BCUT2D eigenvalue weighted by atomic mass is 19.1. The van der Waals surface area contributed by atoms with Crippen LogP contribution < -0.4 is 15.4 Å². The van der Waals surface area contributed by atoms with Crippen molar-refractivity contribution in [2.75, 3.05) is 46.5 Å². The lowest BCUT2D eigenvalue weighted by atomic mass is 10.1. The van der Waals surface area contributed by atoms with E-state index in [1.54, 1.807) is 19.2 Å². The van der Waals surface area contributed by atoms with Gasteiger partial charge in [-0.3, -0.25) is 4.90 Å². The molecule has 2 rings (SSSR count). The Labute approximate surface area is 113 Å². The molecule has 1 heterocycles. The lowest BCUT2D eigenvalue weighted by molar-refractivity contribution is 0.224. The highest BCUT2D eigenvalue weighted by Crippen LogP contribution is 2.19. The van der Waals surface area contributed by atoms with Gasteiger partial charge in [0.05, 0.1) is 7.11 Å². The van der Waals surface area contributed by atoms with E-state index in [0.717, 1.165) is 57.1 Å². The zero-order valence-electron chi connectivity index (χ0n) is 11.4. The average molecular weight is 267 g/mol. The van der Waals surface area contributed by atoms with Crippen molar-refractivity contribution in [3.05, 3.63) is 29.6 Å². The molecule has 19 heavy (non-hydrogen) atoms. The molecule has 0 unspecified atom stereocenters. The van der Waals surface area contributed by atoms with Crippen LogP contribution in [0, 0.1) is 5.82 Å². The van der Waals surface area contributed by atoms with Gasteiger partial charge in [0, 0.05) is 39.4 Å². The summed E-state index contributed by atoms with van der Waals surface area (Å²) in [5, 5.41) is 6.72. The Balaban J connectivity index is 1.74. The maximum absolute atomic E-state index is 13.2. The van der Waals surface area contributed by atoms with Crippen molar-refractivity contribution in [2.24, 2.45) is 0 Å². The third-order valence-corrected chi connectivity index (χ3v) is 3.36. The van der Waals surface area contributed by atoms with Crippen molar-refractivity contribution in [2.45, 2.75) is 6.42 Å². The predicted octanol–water partition coefficient (Wildman–Crippen LogP) is 0.829. The van der Waals surface area contributed by atoms with Crippen LogP contribution in [0.25, 0.3) is 0 Å². The molecule has 0 spiro atoms. The molecule has 1 fully saturated rings. The summed E-state index contributed by atoms with van der Waals surface area (Å²) in [5.41, 5.74) is 0.912. The molecule has 2 N–H and O–H groups in total. The maximum Gasteiger partial charge on any atom is 0.123 e. The third-order valence-electron chi connectivity index (χ3n) is 3.36. The molecule has 1 aromatic carbocycles. The summed E-state index contributed by atoms with van der Waals surface area (Å²) in [6, 6.07) is 4.66. The molecule has 1 aliphatic heterocycles. The lowest BCUT2D eigenvalue weighted by Gasteiger charge is -2.27. The number of nitrogens with zero attached hydrogens (tertiary/aromatic N) is 1. The Morgan fingerprint density at radius 2 is 2.16 bits per heavy atom. The summed E-state index contributed by atoms with van der Waals surface area (Å²) in [6.45, 7) is 5.98. The van der Waals surface area contributed by atoms with Gasteiger partial charge >= 0.3 is 0 Å². The average Bonchev–Trinajstić information content (AvgIpc) is 2.45. The van der Waals surface area contributed by atoms with Gasteiger partial charge < -0.3 is 15.4 Å². The number of halogens is 1. The second-order valence-electron chi connectivity index (χ2n) is 4.73. The zero-order valence-corrected chi connectivity index (χ0v) is 11.4. The Morgan fingerprint density at radius 1 is 1.37 bits per heavy atom. The fourth-order valence-corrected chi connectivity index (χ4v) is 2.27. The molecule has 4 nitrogen and oxygen atoms in total. The number of hydrogen-bond acceptors (Lipinski definition) is 4. The van der Waals surface area contributed by atoms with Crippen molar-refractivity contribution in [3.63, 3.8) is 0 Å². The second kappa shape index (κ2) is 7.43. The van der Waals surface area contributed by atoms with Crippen molar-refractivity contribution < 1.29 is 9.13 Å². The van der Waals surface area contributed by atoms with Crippen molar-refractivity contribution in [1.82, 2.24) is 15.5 Å². The second-order valence-corrected chi connectivity index (χ2v) is 4.73. The van der Waals surface area contributed by atoms with Crippen LogP contribution in [0.5, 0.6) is 5.75 Å². The van der Waals surface area contributed by atoms with Gasteiger partial charge in [0.15, 0.2) is 0 Å². The standard InChI is InChI=1S/C14H22FN3O/c1-19-14-3-2-13(15)10-12(14)4-5-17-11-18-8-6-16-7-9-18/h2-3,10,16-17H,4-9,11H2,1H3. The summed E-state index contributed by atoms with van der Waals surface area (Å²) < 4.78 is 18.4. The number of methoxy groups -OCH3 is 1. The minimum absolute atomic E-state index is 0.210. The van der Waals surface area contributed by atoms with Gasteiger partial charge in [-0.25, -0.2) is 4.39 Å². The van der Waals surface area contributed by atoms with Crippen molar-refractivity contribution in [1.29, 1.82) is 0 Å². The van der Waals surface area contributed by atoms with Crippen LogP contribution in [0.3, 0.4) is 0 Å². The molecule has 0 aliphatic carbocycles. The topological polar surface area (TPSA) is 36.5 Å². The Bertz CT molecular complexity index is 394. The Hall–Kier alpha value is -1.17. The van der Waals surface area contributed by atoms with Gasteiger partial charge in [-0.05, 0) is 30.2 Å². The van der Waals surface area contributed by atoms with E-state index in [0.29, 0.717) is 0 Å². The molecule has 0 aromatic heterocycles. The fourth-order valence-electron chi connectivity index (χ4n) is 2.27. The van der Waals surface area contributed by atoms with Crippen LogP contribution in [-0.2, 0) is 6.42 Å². The first kappa shape index (κ1) is 14.2. The smallest absolute Gasteiger partial charge is 0.123 e. The first-order valence-electron chi connectivity index (χ1n) is 6.76. The van der Waals surface area contributed by atoms with Gasteiger partial charge in [0.2, 0.25) is 0 Å². The lowest BCUT2D eigenvalue weighted by Crippen LogP contribution is -2.47. The molecular weight excluding hydrogens is 245 g/mol. The Morgan fingerprint density at radius 3 is 2.89 bits per heavy atom. The number of benzene rings is 1. The monoisotopic (exact) mass is 267 g/mol. The minimum atomic E-state index is -0.210. The molecular formula is C14H22FN3O. The van der Waals surface area contributed by atoms with E-state index in [-0.39, 0.29) is 5.82 Å². The molecule has 1 aromatic rings. The summed E-state index contributed by atoms with van der Waals surface area (Å²) in [7, 11) is 1.62. The van der Waals surface area contributed by atoms with Crippen LogP contribution in [0.4, 0.5) is 4.39 Å². The van der Waals surface area contributed by atoms with Crippen LogP contribution in [0.15, 0.2) is 18.2 Å². The van der Waals surface area contributed by atoms with Crippen molar-refractivity contribution >= 4 is 0 Å². The molecule has 106 valence electrons. The minimum Gasteiger partial charge on any atom is -0.496 e. The molecule has 1 aliphatic rings. The van der Waals surface area contributed by atoms with Crippen molar-refractivity contribution in [3.8, 4) is 5.75 Å². The molecule has 0 bridgehead atoms. The summed E-state index contributed by atoms with van der Waals surface area (Å²) in [6.07, 6.45) is 0.771. The normalized spacial score (nSPS) is 16.5. The highest BCUT2D eigenvalue weighted by molar-refractivity contribution is 5.34. The van der Waals surface area contributed by atoms with Gasteiger partial charge in [-0.2, -0.15) is 0 Å². The van der Waals surface area contributed by atoms with Crippen LogP contribution >= 0.6 is 0 Å². The first-order chi connectivity index (χ1) is 9.29. The predicted molar refractivity (Wildman–Crippen MR) is 74.0 cm³/mol. The number of hydrogen-bond donors (Lipinski definition) is 2. The first-order valence-corrected chi connectivity index (χ1v) is 6.76. The van der Waals surface area contributed by atoms with Crippen LogP contribution in [0.1, 0.15) is 5.56 Å². The largest absolute Gasteiger partial charge is 0.496 e. The summed E-state index contributed by atoms with van der Waals surface area (Å²) >= 11 is 0. The fraction of sp³-hybridized carbons (Fsp3) is 0.571. The molecule has 0 saturated carbocycles. The van der Waals surface area contributed by atoms with E-state index >= 15 is 0 Å². The van der Waals surface area contributed by atoms with E-state index in [9.17, 15) is 4.39 Å². The molecule has 0 radical (unpaired) electrons. The molecule has 5 heteroatoms. The highest BCUT2D eigenvalue weighted by Gasteiger charge is 2.08. The van der Waals surface area contributed by atoms with E-state index < -0.39 is 0 Å². The number of ether oxygens (including phenoxy) is 1. The third kappa shape index (κ3) is 4.45. The molecule has 1 saturated heterocycles. The SMILES string of the molecule is COc1ccc(F)cc1CCNCN1CCNCC1. The van der Waals surface area contributed by atoms with E-state index in [4.69, 9.17) is 4.74 Å². The van der Waals surface area contributed by atoms with Gasteiger partial charge in [-0.1, -0.05) is 0 Å². The van der Waals surface area contributed by atoms with E-state index in [2.05, 4.69) is 15.5 Å². The maximum atomic E-state index is 13.2. The van der Waals surface area contributed by atoms with Crippen LogP contribution in [0.2, 0.25) is 0 Å². The zero-order chi connectivity index (χ0) is 13.5. The van der Waals surface area contributed by atoms with E-state index in [1.165, 1.54) is 6.07 Å². The summed E-state index contributed by atoms with van der Waals surface area (Å²) in [4.78, 5) is 2.37. The number of rotatable bonds is 6. The van der Waals surface area contributed by atoms with Gasteiger partial charge in [-0.15, -0.1) is 0 Å². The van der Waals surface area contributed by atoms with E-state index in [1.807, 2.05) is 0 Å². The van der Waals surface area contributed by atoms with Crippen LogP contribution in [-0.4, -0.2) is 51.4 Å². The number of nitrogens with one attached hydrogen (secondary N) is 2. The molecule has 0 amide bonds. The summed E-state index contributed by atoms with van der Waals surface area (Å²) in [5.74, 6) is 0.545. The molecule has 0 atom stereocenters. The van der Waals surface area contributed by atoms with Gasteiger partial charge in [0.25, 0.3) is 0 Å².